The lowest BCUT2D eigenvalue weighted by atomic mass is 9.95. The fourth-order valence-corrected chi connectivity index (χ4v) is 4.51. The van der Waals surface area contributed by atoms with Crippen LogP contribution in [0.1, 0.15) is 35.4 Å². The van der Waals surface area contributed by atoms with Gasteiger partial charge in [-0.25, -0.2) is 5.01 Å². The smallest absolute Gasteiger partial charge is 0.217 e. The van der Waals surface area contributed by atoms with Gasteiger partial charge in [-0.3, -0.25) is 0 Å². The molecule has 6 rings (SSSR count). The first kappa shape index (κ1) is 18.1. The van der Waals surface area contributed by atoms with Gasteiger partial charge in [-0.2, -0.15) is 5.10 Å². The van der Waals surface area contributed by atoms with Crippen LogP contribution in [-0.2, 0) is 0 Å². The minimum absolute atomic E-state index is 0.0862. The van der Waals surface area contributed by atoms with Gasteiger partial charge in [0.1, 0.15) is 24.7 Å². The fourth-order valence-electron chi connectivity index (χ4n) is 4.51. The molecule has 0 saturated heterocycles. The number of ether oxygens (including phenoxy) is 4. The molecule has 31 heavy (non-hydrogen) atoms. The van der Waals surface area contributed by atoms with E-state index in [0.717, 1.165) is 51.8 Å². The highest BCUT2D eigenvalue weighted by atomic mass is 16.6. The van der Waals surface area contributed by atoms with Gasteiger partial charge < -0.3 is 18.9 Å². The van der Waals surface area contributed by atoms with Crippen LogP contribution in [-0.4, -0.2) is 31.0 Å². The predicted molar refractivity (Wildman–Crippen MR) is 116 cm³/mol. The van der Waals surface area contributed by atoms with Crippen molar-refractivity contribution in [2.24, 2.45) is 5.10 Å². The monoisotopic (exact) mass is 414 g/mol. The lowest BCUT2D eigenvalue weighted by Crippen LogP contribution is -2.33. The van der Waals surface area contributed by atoms with Crippen molar-refractivity contribution in [1.29, 1.82) is 0 Å². The summed E-state index contributed by atoms with van der Waals surface area (Å²) in [5.41, 5.74) is 4.14. The number of benzene rings is 3. The quantitative estimate of drug-likeness (QED) is 0.621. The Kier molecular flexibility index (Phi) is 4.23. The zero-order valence-corrected chi connectivity index (χ0v) is 17.2. The zero-order chi connectivity index (χ0) is 20.8. The van der Waals surface area contributed by atoms with E-state index in [-0.39, 0.29) is 12.3 Å². The van der Waals surface area contributed by atoms with E-state index in [1.807, 2.05) is 54.6 Å². The Balaban J connectivity index is 1.43. The van der Waals surface area contributed by atoms with E-state index in [0.29, 0.717) is 13.2 Å². The molecule has 0 radical (unpaired) electrons. The summed E-state index contributed by atoms with van der Waals surface area (Å²) < 4.78 is 23.5. The van der Waals surface area contributed by atoms with E-state index in [4.69, 9.17) is 24.0 Å². The Morgan fingerprint density at radius 3 is 2.52 bits per heavy atom. The van der Waals surface area contributed by atoms with Crippen LogP contribution < -0.4 is 18.9 Å². The molecule has 2 atom stereocenters. The van der Waals surface area contributed by atoms with Crippen molar-refractivity contribution >= 4 is 5.71 Å². The van der Waals surface area contributed by atoms with Crippen LogP contribution >= 0.6 is 0 Å². The van der Waals surface area contributed by atoms with Gasteiger partial charge in [0, 0.05) is 17.5 Å². The number of rotatable bonds is 3. The molecular weight excluding hydrogens is 392 g/mol. The normalized spacial score (nSPS) is 20.9. The Bertz CT molecular complexity index is 1180. The molecule has 6 heteroatoms. The molecule has 3 aromatic carbocycles. The molecule has 0 aliphatic carbocycles. The molecule has 3 heterocycles. The highest BCUT2D eigenvalue weighted by molar-refractivity contribution is 6.02. The summed E-state index contributed by atoms with van der Waals surface area (Å²) >= 11 is 0. The average molecular weight is 414 g/mol. The molecule has 0 saturated carbocycles. The third-order valence-electron chi connectivity index (χ3n) is 5.98. The summed E-state index contributed by atoms with van der Waals surface area (Å²) in [7, 11) is 1.68. The molecule has 3 aromatic rings. The zero-order valence-electron chi connectivity index (χ0n) is 17.2. The van der Waals surface area contributed by atoms with Crippen LogP contribution in [0, 0.1) is 0 Å². The maximum Gasteiger partial charge on any atom is 0.217 e. The molecule has 0 aromatic heterocycles. The Labute approximate surface area is 180 Å². The van der Waals surface area contributed by atoms with Crippen molar-refractivity contribution in [3.8, 4) is 23.0 Å². The summed E-state index contributed by atoms with van der Waals surface area (Å²) in [5.74, 6) is 3.23. The Hall–Kier alpha value is -3.67. The first-order valence-corrected chi connectivity index (χ1v) is 10.5. The molecule has 0 unspecified atom stereocenters. The summed E-state index contributed by atoms with van der Waals surface area (Å²) in [6, 6.07) is 22.3. The van der Waals surface area contributed by atoms with E-state index in [2.05, 4.69) is 17.1 Å². The van der Waals surface area contributed by atoms with Crippen molar-refractivity contribution in [1.82, 2.24) is 5.01 Å². The SMILES string of the molecule is COc1ccccc1[C@H]1Oc2ccccc2[C@H]2CC(c3ccc4c(c3)OCCO4)=NN21. The fraction of sp³-hybridized carbons (Fsp3) is 0.240. The Morgan fingerprint density at radius 1 is 0.871 bits per heavy atom. The molecule has 0 N–H and O–H groups in total. The van der Waals surface area contributed by atoms with Gasteiger partial charge in [-0.15, -0.1) is 0 Å². The van der Waals surface area contributed by atoms with Crippen molar-refractivity contribution in [2.45, 2.75) is 18.7 Å². The van der Waals surface area contributed by atoms with Crippen LogP contribution in [0.4, 0.5) is 0 Å². The van der Waals surface area contributed by atoms with Crippen LogP contribution in [0.15, 0.2) is 71.8 Å². The van der Waals surface area contributed by atoms with Gasteiger partial charge >= 0.3 is 0 Å². The van der Waals surface area contributed by atoms with Gasteiger partial charge in [0.15, 0.2) is 11.5 Å². The second-order valence-corrected chi connectivity index (χ2v) is 7.76. The summed E-state index contributed by atoms with van der Waals surface area (Å²) in [6.45, 7) is 1.15. The van der Waals surface area contributed by atoms with Crippen molar-refractivity contribution in [3.05, 3.63) is 83.4 Å². The highest BCUT2D eigenvalue weighted by Gasteiger charge is 2.41. The second kappa shape index (κ2) is 7.23. The standard InChI is InChI=1S/C25H22N2O4/c1-28-21-8-4-3-7-18(21)25-27-20(17-6-2-5-9-22(17)31-25)15-19(26-27)16-10-11-23-24(14-16)30-13-12-29-23/h2-11,14,20,25H,12-13,15H2,1H3/t20-,25-/m1/s1. The molecule has 0 amide bonds. The third kappa shape index (κ3) is 2.98. The van der Waals surface area contributed by atoms with Crippen molar-refractivity contribution in [3.63, 3.8) is 0 Å². The molecular formula is C25H22N2O4. The minimum Gasteiger partial charge on any atom is -0.496 e. The molecule has 0 bridgehead atoms. The summed E-state index contributed by atoms with van der Waals surface area (Å²) in [4.78, 5) is 0. The number of hydrazone groups is 1. The maximum atomic E-state index is 6.44. The third-order valence-corrected chi connectivity index (χ3v) is 5.98. The molecule has 0 fully saturated rings. The van der Waals surface area contributed by atoms with E-state index in [9.17, 15) is 0 Å². The summed E-state index contributed by atoms with van der Waals surface area (Å²) in [6.07, 6.45) is 0.414. The van der Waals surface area contributed by atoms with Gasteiger partial charge in [0.05, 0.1) is 24.4 Å². The van der Waals surface area contributed by atoms with Gasteiger partial charge in [0.25, 0.3) is 0 Å². The number of para-hydroxylation sites is 2. The van der Waals surface area contributed by atoms with Crippen LogP contribution in [0.25, 0.3) is 0 Å². The molecule has 6 nitrogen and oxygen atoms in total. The number of nitrogens with zero attached hydrogens (tertiary/aromatic N) is 2. The predicted octanol–water partition coefficient (Wildman–Crippen LogP) is 4.71. The topological polar surface area (TPSA) is 52.5 Å². The van der Waals surface area contributed by atoms with Gasteiger partial charge in [-0.05, 0) is 36.4 Å². The number of hydrogen-bond donors (Lipinski definition) is 0. The number of hydrogen-bond acceptors (Lipinski definition) is 6. The van der Waals surface area contributed by atoms with Crippen LogP contribution in [0.3, 0.4) is 0 Å². The van der Waals surface area contributed by atoms with Crippen molar-refractivity contribution in [2.75, 3.05) is 20.3 Å². The van der Waals surface area contributed by atoms with E-state index < -0.39 is 0 Å². The molecule has 3 aliphatic heterocycles. The average Bonchev–Trinajstić information content (AvgIpc) is 3.29. The van der Waals surface area contributed by atoms with Crippen molar-refractivity contribution < 1.29 is 18.9 Å². The minimum atomic E-state index is -0.370. The lowest BCUT2D eigenvalue weighted by molar-refractivity contribution is -0.0203. The lowest BCUT2D eigenvalue weighted by Gasteiger charge is -2.38. The largest absolute Gasteiger partial charge is 0.496 e. The highest BCUT2D eigenvalue weighted by Crippen LogP contribution is 2.49. The maximum absolute atomic E-state index is 6.44. The van der Waals surface area contributed by atoms with Crippen LogP contribution in [0.5, 0.6) is 23.0 Å². The van der Waals surface area contributed by atoms with Gasteiger partial charge in [-0.1, -0.05) is 30.3 Å². The Morgan fingerprint density at radius 2 is 1.65 bits per heavy atom. The second-order valence-electron chi connectivity index (χ2n) is 7.76. The molecule has 3 aliphatic rings. The van der Waals surface area contributed by atoms with Crippen LogP contribution in [0.2, 0.25) is 0 Å². The number of methoxy groups -OCH3 is 1. The van der Waals surface area contributed by atoms with E-state index in [1.54, 1.807) is 7.11 Å². The van der Waals surface area contributed by atoms with Gasteiger partial charge in [0.2, 0.25) is 6.23 Å². The first-order chi connectivity index (χ1) is 15.3. The summed E-state index contributed by atoms with van der Waals surface area (Å²) in [5, 5.41) is 7.10. The van der Waals surface area contributed by atoms with E-state index in [1.165, 1.54) is 0 Å². The molecule has 0 spiro atoms. The van der Waals surface area contributed by atoms with E-state index >= 15 is 0 Å². The molecule has 156 valence electrons. The first-order valence-electron chi connectivity index (χ1n) is 10.5. The number of fused-ring (bicyclic) bond motifs is 4.